The molecule has 0 aliphatic rings. The molecular weight excluding hydrogens is 1800 g/mol. The van der Waals surface area contributed by atoms with Crippen LogP contribution in [0, 0.1) is 0 Å². The number of aliphatic hydroxyl groups is 2. The Hall–Kier alpha value is -5.09. The number of ether oxygens (including phenoxy) is 3. The van der Waals surface area contributed by atoms with E-state index in [-0.39, 0.29) is 19.3 Å². The van der Waals surface area contributed by atoms with Crippen molar-refractivity contribution >= 4 is 33.6 Å². The standard InChI is InChI=1S/C123H216O16P2/c1-4-7-10-13-16-19-22-25-28-31-34-37-40-43-46-49-52-55-58-61-64-67-70-73-76-79-82-85-88-91-94-97-100-103-106-109-121(126)133-112-118(124)113-135-140(129,130)136-114-119(125)115-137-141(131,132)138-117-120(139-123(128)111-108-105-102-99-96-93-90-87-84-81-78-75-72-69-66-63-60-57-54-51-48-45-42-39-36-33-30-27-24-21-18-15-12-9-6-3)116-134-122(127)110-107-104-101-98-95-92-89-86-83-80-77-74-71-68-65-62-59-56-53-50-47-44-41-38-35-32-29-26-23-20-17-14-11-8-5-2/h7,10,16-21,25-30,34-39,43-48,52,55,118-120,124-125H,4-6,8-9,11-15,22-24,31-33,40-42,49-51,53-54,56-117H2,1-3H3,(H,129,130)(H,131,132)/b10-7-,19-16-,20-17-,21-18-,28-25-,29-26-,30-27-,37-34-,38-35-,39-36-,46-43-,47-44-,48-45-,55-52-. The van der Waals surface area contributed by atoms with Crippen molar-refractivity contribution in [3.05, 3.63) is 170 Å². The Bertz CT molecular complexity index is 3250. The molecule has 0 heterocycles. The fraction of sp³-hybridized carbons (Fsp3) is 0.748. The monoisotopic (exact) mass is 2010 g/mol. The lowest BCUT2D eigenvalue weighted by atomic mass is 10.0. The summed E-state index contributed by atoms with van der Waals surface area (Å²) < 4.78 is 61.9. The molecular formula is C123H216O16P2. The number of phosphoric ester groups is 2. The van der Waals surface area contributed by atoms with Crippen LogP contribution in [0.3, 0.4) is 0 Å². The van der Waals surface area contributed by atoms with E-state index < -0.39 is 91.5 Å². The van der Waals surface area contributed by atoms with Gasteiger partial charge in [-0.2, -0.15) is 0 Å². The molecule has 141 heavy (non-hydrogen) atoms. The van der Waals surface area contributed by atoms with E-state index in [0.717, 1.165) is 141 Å². The van der Waals surface area contributed by atoms with Crippen molar-refractivity contribution in [2.75, 3.05) is 39.6 Å². The number of carbonyl (C=O) groups is 3. The van der Waals surface area contributed by atoms with E-state index >= 15 is 0 Å². The molecule has 18 heteroatoms. The summed E-state index contributed by atoms with van der Waals surface area (Å²) in [6.07, 6.45) is 152. The summed E-state index contributed by atoms with van der Waals surface area (Å²) in [6, 6.07) is 0. The molecule has 814 valence electrons. The van der Waals surface area contributed by atoms with Gasteiger partial charge in [-0.3, -0.25) is 32.5 Å². The lowest BCUT2D eigenvalue weighted by Crippen LogP contribution is -2.30. The summed E-state index contributed by atoms with van der Waals surface area (Å²) >= 11 is 0. The van der Waals surface area contributed by atoms with Crippen molar-refractivity contribution in [3.8, 4) is 0 Å². The van der Waals surface area contributed by atoms with Crippen LogP contribution < -0.4 is 0 Å². The van der Waals surface area contributed by atoms with Crippen LogP contribution in [0.15, 0.2) is 170 Å². The van der Waals surface area contributed by atoms with Gasteiger partial charge in [-0.15, -0.1) is 0 Å². The summed E-state index contributed by atoms with van der Waals surface area (Å²) in [5.41, 5.74) is 0. The second-order valence-electron chi connectivity index (χ2n) is 39.2. The zero-order chi connectivity index (χ0) is 102. The van der Waals surface area contributed by atoms with Crippen LogP contribution in [-0.4, -0.2) is 95.9 Å². The number of phosphoric acid groups is 2. The highest BCUT2D eigenvalue weighted by atomic mass is 31.2. The van der Waals surface area contributed by atoms with Crippen molar-refractivity contribution in [2.45, 2.75) is 553 Å². The van der Waals surface area contributed by atoms with Crippen molar-refractivity contribution in [1.29, 1.82) is 0 Å². The second-order valence-corrected chi connectivity index (χ2v) is 42.1. The van der Waals surface area contributed by atoms with Gasteiger partial charge in [-0.05, 0) is 161 Å². The van der Waals surface area contributed by atoms with Gasteiger partial charge < -0.3 is 34.2 Å². The van der Waals surface area contributed by atoms with Gasteiger partial charge in [0, 0.05) is 19.3 Å². The molecule has 0 aromatic heterocycles. The number of hydrogen-bond donors (Lipinski definition) is 4. The Morgan fingerprint density at radius 1 is 0.206 bits per heavy atom. The van der Waals surface area contributed by atoms with E-state index in [4.69, 9.17) is 32.3 Å². The van der Waals surface area contributed by atoms with Crippen LogP contribution in [0.4, 0.5) is 0 Å². The number of unbranched alkanes of at least 4 members (excludes halogenated alkanes) is 60. The van der Waals surface area contributed by atoms with E-state index in [1.807, 2.05) is 0 Å². The number of rotatable bonds is 111. The Morgan fingerprint density at radius 2 is 0.376 bits per heavy atom. The van der Waals surface area contributed by atoms with Crippen molar-refractivity contribution in [2.24, 2.45) is 0 Å². The molecule has 0 fully saturated rings. The summed E-state index contributed by atoms with van der Waals surface area (Å²) in [7, 11) is -9.82. The summed E-state index contributed by atoms with van der Waals surface area (Å²) in [4.78, 5) is 59.4. The lowest BCUT2D eigenvalue weighted by molar-refractivity contribution is -0.161. The van der Waals surface area contributed by atoms with Crippen LogP contribution in [0.2, 0.25) is 0 Å². The van der Waals surface area contributed by atoms with Crippen LogP contribution in [-0.2, 0) is 55.8 Å². The maximum absolute atomic E-state index is 13.2. The van der Waals surface area contributed by atoms with Crippen molar-refractivity contribution < 1.29 is 75.8 Å². The van der Waals surface area contributed by atoms with E-state index in [1.165, 1.54) is 334 Å². The minimum absolute atomic E-state index is 0.107. The highest BCUT2D eigenvalue weighted by Crippen LogP contribution is 2.45. The lowest BCUT2D eigenvalue weighted by Gasteiger charge is -2.21. The van der Waals surface area contributed by atoms with Gasteiger partial charge in [0.2, 0.25) is 0 Å². The fourth-order valence-corrected chi connectivity index (χ4v) is 18.2. The molecule has 0 aliphatic carbocycles. The van der Waals surface area contributed by atoms with Crippen molar-refractivity contribution in [1.82, 2.24) is 0 Å². The number of allylic oxidation sites excluding steroid dienone is 28. The maximum Gasteiger partial charge on any atom is 0.472 e. The third-order valence-corrected chi connectivity index (χ3v) is 27.3. The predicted octanol–water partition coefficient (Wildman–Crippen LogP) is 38.0. The molecule has 0 aromatic carbocycles. The van der Waals surface area contributed by atoms with Crippen LogP contribution in [0.5, 0.6) is 0 Å². The summed E-state index contributed by atoms with van der Waals surface area (Å²) in [5.74, 6) is -1.54. The highest BCUT2D eigenvalue weighted by molar-refractivity contribution is 7.47. The molecule has 0 saturated carbocycles. The first kappa shape index (κ1) is 136. The number of hydrogen-bond acceptors (Lipinski definition) is 14. The van der Waals surface area contributed by atoms with Gasteiger partial charge in [0.15, 0.2) is 6.10 Å². The van der Waals surface area contributed by atoms with Gasteiger partial charge >= 0.3 is 33.6 Å². The van der Waals surface area contributed by atoms with Gasteiger partial charge in [0.05, 0.1) is 26.4 Å². The topological polar surface area (TPSA) is 231 Å². The zero-order valence-corrected chi connectivity index (χ0v) is 92.6. The van der Waals surface area contributed by atoms with Crippen LogP contribution in [0.1, 0.15) is 534 Å². The molecule has 16 nitrogen and oxygen atoms in total. The molecule has 0 amide bonds. The molecule has 0 radical (unpaired) electrons. The smallest absolute Gasteiger partial charge is 0.463 e. The Morgan fingerprint density at radius 3 is 0.596 bits per heavy atom. The van der Waals surface area contributed by atoms with Gasteiger partial charge in [0.25, 0.3) is 0 Å². The third kappa shape index (κ3) is 115. The van der Waals surface area contributed by atoms with E-state index in [1.54, 1.807) is 0 Å². The maximum atomic E-state index is 13.2. The fourth-order valence-electron chi connectivity index (χ4n) is 16.6. The predicted molar refractivity (Wildman–Crippen MR) is 602 cm³/mol. The minimum atomic E-state index is -4.95. The quantitative estimate of drug-likeness (QED) is 0.0146. The molecule has 0 aliphatic heterocycles. The van der Waals surface area contributed by atoms with Crippen molar-refractivity contribution in [3.63, 3.8) is 0 Å². The molecule has 0 bridgehead atoms. The molecule has 5 unspecified atom stereocenters. The first-order chi connectivity index (χ1) is 69.2. The summed E-state index contributed by atoms with van der Waals surface area (Å²) in [5, 5.41) is 20.9. The average Bonchev–Trinajstić information content (AvgIpc) is 0.899. The Kier molecular flexibility index (Phi) is 110. The van der Waals surface area contributed by atoms with Gasteiger partial charge in [-0.25, -0.2) is 9.13 Å². The third-order valence-electron chi connectivity index (χ3n) is 25.4. The largest absolute Gasteiger partial charge is 0.472 e. The first-order valence-electron chi connectivity index (χ1n) is 58.4. The first-order valence-corrected chi connectivity index (χ1v) is 61.4. The Labute approximate surface area is 866 Å². The summed E-state index contributed by atoms with van der Waals surface area (Å²) in [6.45, 7) is 2.63. The number of aliphatic hydroxyl groups excluding tert-OH is 2. The van der Waals surface area contributed by atoms with Gasteiger partial charge in [0.1, 0.15) is 25.4 Å². The van der Waals surface area contributed by atoms with Crippen LogP contribution >= 0.6 is 15.6 Å². The zero-order valence-electron chi connectivity index (χ0n) is 90.8. The molecule has 0 spiro atoms. The van der Waals surface area contributed by atoms with E-state index in [0.29, 0.717) is 19.3 Å². The number of esters is 3. The number of carbonyl (C=O) groups excluding carboxylic acids is 3. The minimum Gasteiger partial charge on any atom is -0.463 e. The van der Waals surface area contributed by atoms with E-state index in [9.17, 15) is 43.5 Å². The average molecular weight is 2010 g/mol. The molecule has 5 atom stereocenters. The second kappa shape index (κ2) is 114. The normalized spacial score (nSPS) is 14.1. The van der Waals surface area contributed by atoms with E-state index in [2.05, 4.69) is 191 Å². The van der Waals surface area contributed by atoms with Crippen LogP contribution in [0.25, 0.3) is 0 Å². The molecule has 0 aromatic rings. The van der Waals surface area contributed by atoms with Gasteiger partial charge in [-0.1, -0.05) is 525 Å². The SMILES string of the molecule is CC/C=C\C/C=C\C/C=C\C/C=C\C/C=C\C/C=C\CCCCCCCCCCCCCCCCCCC(=O)OCC(O)COP(=O)(O)OCC(O)COP(=O)(O)OCC(COC(=O)CCCCCCCCCCCCCCCCCCCCC/C=C\C/C=C\C/C=C\C/C=C\CCCCC)OC(=O)CCCCCCCCCCCCCCCCCCCCC/C=C\C/C=C\C/C=C\C/C=C\CCCCC. The molecule has 0 saturated heterocycles. The Balaban J connectivity index is 4.59. The highest BCUT2D eigenvalue weighted by Gasteiger charge is 2.30. The molecule has 0 rings (SSSR count). The molecule has 4 N–H and O–H groups in total.